The monoisotopic (exact) mass is 271 g/mol. The number of nitrogens with zero attached hydrogens (tertiary/aromatic N) is 5. The Labute approximate surface area is 115 Å². The number of hydrogen-bond acceptors (Lipinski definition) is 5. The van der Waals surface area contributed by atoms with Gasteiger partial charge in [-0.1, -0.05) is 0 Å². The van der Waals surface area contributed by atoms with Crippen LogP contribution >= 0.6 is 11.8 Å². The molecule has 1 saturated heterocycles. The van der Waals surface area contributed by atoms with Crippen LogP contribution in [0.3, 0.4) is 0 Å². The topological polar surface area (TPSA) is 57.7 Å². The number of rotatable bonds is 1. The molecule has 19 heavy (non-hydrogen) atoms. The molecular weight excluding hydrogens is 258 g/mol. The number of fused-ring (bicyclic) bond motifs is 1. The normalized spacial score (nSPS) is 17.8. The molecule has 96 valence electrons. The average molecular weight is 271 g/mol. The van der Waals surface area contributed by atoms with Gasteiger partial charge >= 0.3 is 0 Å². The van der Waals surface area contributed by atoms with Crippen molar-refractivity contribution in [3.05, 3.63) is 29.2 Å². The van der Waals surface area contributed by atoms with Crippen molar-refractivity contribution in [2.45, 2.75) is 0 Å². The first-order valence-corrected chi connectivity index (χ1v) is 6.97. The first-order chi connectivity index (χ1) is 9.22. The van der Waals surface area contributed by atoms with Crippen LogP contribution < -0.4 is 0 Å². The summed E-state index contributed by atoms with van der Waals surface area (Å²) in [6, 6.07) is 6.14. The minimum Gasteiger partial charge on any atom is -0.367 e. The van der Waals surface area contributed by atoms with Gasteiger partial charge in [0, 0.05) is 32.6 Å². The van der Waals surface area contributed by atoms with Gasteiger partial charge in [0.15, 0.2) is 11.5 Å². The van der Waals surface area contributed by atoms with Gasteiger partial charge < -0.3 is 9.47 Å². The van der Waals surface area contributed by atoms with Crippen molar-refractivity contribution in [2.75, 3.05) is 19.3 Å². The van der Waals surface area contributed by atoms with Crippen LogP contribution in [-0.4, -0.2) is 38.8 Å². The molecule has 0 atom stereocenters. The smallest absolute Gasteiger partial charge is 0.178 e. The molecule has 0 aromatic carbocycles. The number of hydrogen-bond donors (Lipinski definition) is 0. The van der Waals surface area contributed by atoms with E-state index in [2.05, 4.69) is 20.9 Å². The lowest BCUT2D eigenvalue weighted by Crippen LogP contribution is -2.13. The van der Waals surface area contributed by atoms with E-state index >= 15 is 0 Å². The summed E-state index contributed by atoms with van der Waals surface area (Å²) in [6.07, 6.45) is 1.72. The molecular formula is C13H13N5S. The number of nitriles is 1. The minimum atomic E-state index is 0.630. The molecule has 1 fully saturated rings. The Morgan fingerprint density at radius 1 is 1.47 bits per heavy atom. The van der Waals surface area contributed by atoms with Gasteiger partial charge in [0.2, 0.25) is 0 Å². The second-order valence-corrected chi connectivity index (χ2v) is 5.49. The zero-order chi connectivity index (χ0) is 13.4. The minimum absolute atomic E-state index is 0.630. The predicted molar refractivity (Wildman–Crippen MR) is 76.1 cm³/mol. The lowest BCUT2D eigenvalue weighted by Gasteiger charge is -2.13. The fraction of sp³-hybridized carbons (Fsp3) is 0.308. The third-order valence-electron chi connectivity index (χ3n) is 3.22. The highest BCUT2D eigenvalue weighted by molar-refractivity contribution is 8.03. The summed E-state index contributed by atoms with van der Waals surface area (Å²) in [4.78, 5) is 10.8. The molecule has 0 radical (unpaired) electrons. The number of pyridine rings is 1. The van der Waals surface area contributed by atoms with Crippen LogP contribution in [0.2, 0.25) is 0 Å². The van der Waals surface area contributed by atoms with E-state index in [1.807, 2.05) is 30.8 Å². The van der Waals surface area contributed by atoms with Crippen LogP contribution in [0.25, 0.3) is 16.7 Å². The molecule has 3 rings (SSSR count). The van der Waals surface area contributed by atoms with Crippen molar-refractivity contribution < 1.29 is 0 Å². The third-order valence-corrected chi connectivity index (χ3v) is 4.39. The number of thioether (sulfide) groups is 1. The zero-order valence-electron chi connectivity index (χ0n) is 10.8. The van der Waals surface area contributed by atoms with Crippen LogP contribution in [0, 0.1) is 11.3 Å². The highest BCUT2D eigenvalue weighted by atomic mass is 32.2. The van der Waals surface area contributed by atoms with Gasteiger partial charge in [0.25, 0.3) is 0 Å². The maximum Gasteiger partial charge on any atom is 0.178 e. The highest BCUT2D eigenvalue weighted by Crippen LogP contribution is 2.33. The molecule has 6 heteroatoms. The molecule has 2 aromatic rings. The summed E-state index contributed by atoms with van der Waals surface area (Å²) in [6.45, 7) is 0.966. The van der Waals surface area contributed by atoms with Gasteiger partial charge in [-0.05, 0) is 12.1 Å². The van der Waals surface area contributed by atoms with Crippen molar-refractivity contribution in [3.8, 4) is 6.07 Å². The molecule has 0 unspecified atom stereocenters. The van der Waals surface area contributed by atoms with E-state index in [1.54, 1.807) is 18.0 Å². The second kappa shape index (κ2) is 4.59. The molecule has 0 aliphatic carbocycles. The summed E-state index contributed by atoms with van der Waals surface area (Å²) >= 11 is 1.71. The van der Waals surface area contributed by atoms with Crippen molar-refractivity contribution in [1.82, 2.24) is 19.4 Å². The average Bonchev–Trinajstić information content (AvgIpc) is 2.98. The standard InChI is InChI=1S/C13H13N5S/c1-17-6-7-19-13(17)9(8-14)12-16-11-10(18(12)2)4-3-5-15-11/h3-5H,6-7H2,1-2H3/b13-9+. The SMILES string of the molecule is CN1CCS/C1=C(\C#N)c1nc2ncccc2n1C. The molecule has 1 aliphatic rings. The molecule has 5 nitrogen and oxygen atoms in total. The van der Waals surface area contributed by atoms with Crippen LogP contribution in [0.4, 0.5) is 0 Å². The molecule has 0 N–H and O–H groups in total. The van der Waals surface area contributed by atoms with Gasteiger partial charge in [-0.2, -0.15) is 5.26 Å². The highest BCUT2D eigenvalue weighted by Gasteiger charge is 2.23. The maximum atomic E-state index is 9.49. The van der Waals surface area contributed by atoms with Crippen molar-refractivity contribution in [1.29, 1.82) is 5.26 Å². The molecule has 0 spiro atoms. The molecule has 0 amide bonds. The van der Waals surface area contributed by atoms with Gasteiger partial charge in [-0.15, -0.1) is 11.8 Å². The number of aromatic nitrogens is 3. The van der Waals surface area contributed by atoms with E-state index < -0.39 is 0 Å². The van der Waals surface area contributed by atoms with E-state index in [9.17, 15) is 5.26 Å². The van der Waals surface area contributed by atoms with E-state index in [0.717, 1.165) is 22.8 Å². The Morgan fingerprint density at radius 2 is 2.32 bits per heavy atom. The second-order valence-electron chi connectivity index (χ2n) is 4.40. The molecule has 0 saturated carbocycles. The Hall–Kier alpha value is -2.00. The lowest BCUT2D eigenvalue weighted by molar-refractivity contribution is 0.494. The van der Waals surface area contributed by atoms with E-state index in [1.165, 1.54) is 0 Å². The van der Waals surface area contributed by atoms with Gasteiger partial charge in [-0.3, -0.25) is 0 Å². The summed E-state index contributed by atoms with van der Waals surface area (Å²) < 4.78 is 1.93. The van der Waals surface area contributed by atoms with Gasteiger partial charge in [0.1, 0.15) is 11.6 Å². The summed E-state index contributed by atoms with van der Waals surface area (Å²) in [5, 5.41) is 10.5. The Balaban J connectivity index is 2.23. The van der Waals surface area contributed by atoms with Crippen LogP contribution in [0.5, 0.6) is 0 Å². The van der Waals surface area contributed by atoms with Crippen molar-refractivity contribution in [2.24, 2.45) is 7.05 Å². The Kier molecular flexibility index (Phi) is 2.91. The number of aryl methyl sites for hydroxylation is 1. The summed E-state index contributed by atoms with van der Waals surface area (Å²) in [5.74, 6) is 1.70. The van der Waals surface area contributed by atoms with Gasteiger partial charge in [-0.25, -0.2) is 9.97 Å². The first-order valence-electron chi connectivity index (χ1n) is 5.98. The van der Waals surface area contributed by atoms with Crippen molar-refractivity contribution in [3.63, 3.8) is 0 Å². The number of imidazole rings is 1. The van der Waals surface area contributed by atoms with E-state index in [4.69, 9.17) is 0 Å². The molecule has 1 aliphatic heterocycles. The van der Waals surface area contributed by atoms with Crippen LogP contribution in [-0.2, 0) is 7.05 Å². The molecule has 3 heterocycles. The van der Waals surface area contributed by atoms with E-state index in [-0.39, 0.29) is 0 Å². The van der Waals surface area contributed by atoms with Crippen molar-refractivity contribution >= 4 is 28.5 Å². The number of allylic oxidation sites excluding steroid dienone is 1. The molecule has 2 aromatic heterocycles. The predicted octanol–water partition coefficient (Wildman–Crippen LogP) is 1.84. The quantitative estimate of drug-likeness (QED) is 0.741. The van der Waals surface area contributed by atoms with Gasteiger partial charge in [0.05, 0.1) is 10.5 Å². The fourth-order valence-corrected chi connectivity index (χ4v) is 3.35. The first kappa shape index (κ1) is 12.1. The largest absolute Gasteiger partial charge is 0.367 e. The maximum absolute atomic E-state index is 9.49. The molecule has 0 bridgehead atoms. The lowest BCUT2D eigenvalue weighted by atomic mass is 10.3. The Bertz CT molecular complexity index is 709. The van der Waals surface area contributed by atoms with Crippen LogP contribution in [0.1, 0.15) is 5.82 Å². The zero-order valence-corrected chi connectivity index (χ0v) is 11.6. The van der Waals surface area contributed by atoms with Crippen LogP contribution in [0.15, 0.2) is 23.4 Å². The fourth-order valence-electron chi connectivity index (χ4n) is 2.20. The third kappa shape index (κ3) is 1.87. The summed E-state index contributed by atoms with van der Waals surface area (Å²) in [5.41, 5.74) is 2.25. The van der Waals surface area contributed by atoms with E-state index in [0.29, 0.717) is 17.0 Å². The Morgan fingerprint density at radius 3 is 2.95 bits per heavy atom. The summed E-state index contributed by atoms with van der Waals surface area (Å²) in [7, 11) is 3.93.